The number of rotatable bonds is 4. The standard InChI is InChI=1S/C13H13N7O2/c1-18(2)17-12-11(20(21)22)13(15-7-14-12)19-8-16-9-5-3-4-6-10(9)19/h3-8H,1-2H3,(H,14,15,17). The van der Waals surface area contributed by atoms with Crippen LogP contribution in [0.15, 0.2) is 36.9 Å². The first-order chi connectivity index (χ1) is 10.6. The fourth-order valence-corrected chi connectivity index (χ4v) is 2.14. The smallest absolute Gasteiger partial charge is 0.298 e. The zero-order valence-electron chi connectivity index (χ0n) is 12.0. The number of hydrogen-bond donors (Lipinski definition) is 1. The van der Waals surface area contributed by atoms with Crippen molar-refractivity contribution in [3.8, 4) is 5.82 Å². The van der Waals surface area contributed by atoms with E-state index in [0.29, 0.717) is 0 Å². The van der Waals surface area contributed by atoms with Gasteiger partial charge in [-0.3, -0.25) is 20.1 Å². The second kappa shape index (κ2) is 5.37. The van der Waals surface area contributed by atoms with E-state index < -0.39 is 4.92 Å². The zero-order valence-corrected chi connectivity index (χ0v) is 12.0. The van der Waals surface area contributed by atoms with Gasteiger partial charge in [-0.2, -0.15) is 0 Å². The Kier molecular flexibility index (Phi) is 3.39. The Balaban J connectivity index is 2.24. The third kappa shape index (κ3) is 2.33. The molecule has 9 nitrogen and oxygen atoms in total. The number of aromatic nitrogens is 4. The number of fused-ring (bicyclic) bond motifs is 1. The first kappa shape index (κ1) is 13.9. The van der Waals surface area contributed by atoms with Crippen LogP contribution in [0.5, 0.6) is 0 Å². The van der Waals surface area contributed by atoms with Crippen molar-refractivity contribution in [1.29, 1.82) is 0 Å². The third-order valence-corrected chi connectivity index (χ3v) is 3.00. The molecule has 0 aliphatic heterocycles. The molecule has 1 N–H and O–H groups in total. The molecule has 0 unspecified atom stereocenters. The van der Waals surface area contributed by atoms with Crippen LogP contribution in [0.25, 0.3) is 16.9 Å². The zero-order chi connectivity index (χ0) is 15.7. The third-order valence-electron chi connectivity index (χ3n) is 3.00. The maximum atomic E-state index is 11.5. The predicted molar refractivity (Wildman–Crippen MR) is 80.6 cm³/mol. The molecule has 2 aromatic heterocycles. The summed E-state index contributed by atoms with van der Waals surface area (Å²) >= 11 is 0. The Bertz CT molecular complexity index is 843. The van der Waals surface area contributed by atoms with Crippen molar-refractivity contribution in [2.24, 2.45) is 0 Å². The van der Waals surface area contributed by atoms with E-state index in [2.05, 4.69) is 20.4 Å². The number of hydrazine groups is 1. The van der Waals surface area contributed by atoms with E-state index in [1.54, 1.807) is 23.7 Å². The summed E-state index contributed by atoms with van der Waals surface area (Å²) in [6.07, 6.45) is 2.79. The van der Waals surface area contributed by atoms with Gasteiger partial charge in [0.15, 0.2) is 0 Å². The molecule has 0 saturated heterocycles. The maximum Gasteiger partial charge on any atom is 0.355 e. The maximum absolute atomic E-state index is 11.5. The average Bonchev–Trinajstić information content (AvgIpc) is 2.90. The van der Waals surface area contributed by atoms with Gasteiger partial charge >= 0.3 is 5.69 Å². The van der Waals surface area contributed by atoms with Crippen molar-refractivity contribution in [3.63, 3.8) is 0 Å². The molecule has 3 aromatic rings. The van der Waals surface area contributed by atoms with Crippen LogP contribution in [0.1, 0.15) is 0 Å². The van der Waals surface area contributed by atoms with E-state index in [1.165, 1.54) is 12.7 Å². The number of anilines is 1. The summed E-state index contributed by atoms with van der Waals surface area (Å²) in [5, 5.41) is 13.1. The highest BCUT2D eigenvalue weighted by Crippen LogP contribution is 2.29. The van der Waals surface area contributed by atoms with Gasteiger partial charge in [-0.1, -0.05) is 12.1 Å². The van der Waals surface area contributed by atoms with Crippen LogP contribution in [0.2, 0.25) is 0 Å². The number of nitro groups is 1. The fourth-order valence-electron chi connectivity index (χ4n) is 2.14. The molecule has 9 heteroatoms. The molecule has 2 heterocycles. The van der Waals surface area contributed by atoms with Gasteiger partial charge < -0.3 is 0 Å². The highest BCUT2D eigenvalue weighted by atomic mass is 16.6. The molecule has 112 valence electrons. The number of imidazole rings is 1. The first-order valence-electron chi connectivity index (χ1n) is 6.43. The van der Waals surface area contributed by atoms with Gasteiger partial charge in [-0.05, 0) is 12.1 Å². The Labute approximate surface area is 125 Å². The second-order valence-corrected chi connectivity index (χ2v) is 4.76. The topological polar surface area (TPSA) is 102 Å². The minimum atomic E-state index is -0.504. The molecule has 0 fully saturated rings. The number of hydrogen-bond acceptors (Lipinski definition) is 7. The Morgan fingerprint density at radius 3 is 2.73 bits per heavy atom. The van der Waals surface area contributed by atoms with Crippen LogP contribution < -0.4 is 5.43 Å². The van der Waals surface area contributed by atoms with Gasteiger partial charge in [0.1, 0.15) is 12.7 Å². The lowest BCUT2D eigenvalue weighted by Crippen LogP contribution is -2.22. The van der Waals surface area contributed by atoms with E-state index in [9.17, 15) is 10.1 Å². The van der Waals surface area contributed by atoms with Crippen LogP contribution in [0.3, 0.4) is 0 Å². The molecular weight excluding hydrogens is 286 g/mol. The first-order valence-corrected chi connectivity index (χ1v) is 6.43. The summed E-state index contributed by atoms with van der Waals surface area (Å²) in [7, 11) is 3.44. The summed E-state index contributed by atoms with van der Waals surface area (Å²) in [4.78, 5) is 23.2. The monoisotopic (exact) mass is 299 g/mol. The van der Waals surface area contributed by atoms with Crippen molar-refractivity contribution < 1.29 is 4.92 Å². The van der Waals surface area contributed by atoms with Gasteiger partial charge in [-0.15, -0.1) is 0 Å². The lowest BCUT2D eigenvalue weighted by Gasteiger charge is -2.13. The van der Waals surface area contributed by atoms with Crippen molar-refractivity contribution in [2.45, 2.75) is 0 Å². The van der Waals surface area contributed by atoms with E-state index in [-0.39, 0.29) is 17.3 Å². The van der Waals surface area contributed by atoms with Crippen molar-refractivity contribution >= 4 is 22.5 Å². The van der Waals surface area contributed by atoms with E-state index in [1.807, 2.05) is 24.3 Å². The van der Waals surface area contributed by atoms with Gasteiger partial charge in [-0.25, -0.2) is 20.0 Å². The van der Waals surface area contributed by atoms with Crippen LogP contribution in [0.4, 0.5) is 11.5 Å². The predicted octanol–water partition coefficient (Wildman–Crippen LogP) is 1.61. The van der Waals surface area contributed by atoms with Gasteiger partial charge in [0.25, 0.3) is 0 Å². The lowest BCUT2D eigenvalue weighted by atomic mass is 10.3. The van der Waals surface area contributed by atoms with Crippen LogP contribution in [-0.4, -0.2) is 43.5 Å². The molecule has 0 amide bonds. The SMILES string of the molecule is CN(C)Nc1ncnc(-n2cnc3ccccc32)c1[N+](=O)[O-]. The second-order valence-electron chi connectivity index (χ2n) is 4.76. The molecule has 0 atom stereocenters. The molecule has 0 bridgehead atoms. The Morgan fingerprint density at radius 1 is 1.23 bits per heavy atom. The summed E-state index contributed by atoms with van der Waals surface area (Å²) in [6, 6.07) is 7.35. The highest BCUT2D eigenvalue weighted by molar-refractivity contribution is 5.78. The van der Waals surface area contributed by atoms with Crippen molar-refractivity contribution in [1.82, 2.24) is 24.5 Å². The normalized spacial score (nSPS) is 11.0. The van der Waals surface area contributed by atoms with Gasteiger partial charge in [0.05, 0.1) is 16.0 Å². The minimum absolute atomic E-state index is 0.123. The number of para-hydroxylation sites is 2. The molecule has 0 spiro atoms. The molecule has 0 saturated carbocycles. The molecule has 1 aromatic carbocycles. The summed E-state index contributed by atoms with van der Waals surface area (Å²) in [5.74, 6) is 0.288. The minimum Gasteiger partial charge on any atom is -0.298 e. The van der Waals surface area contributed by atoms with E-state index in [4.69, 9.17) is 0 Å². The van der Waals surface area contributed by atoms with Crippen molar-refractivity contribution in [2.75, 3.05) is 19.5 Å². The van der Waals surface area contributed by atoms with Gasteiger partial charge in [0, 0.05) is 14.1 Å². The van der Waals surface area contributed by atoms with Gasteiger partial charge in [0.2, 0.25) is 11.6 Å². The summed E-state index contributed by atoms with van der Waals surface area (Å²) in [5.41, 5.74) is 4.07. The Morgan fingerprint density at radius 2 is 2.00 bits per heavy atom. The van der Waals surface area contributed by atoms with E-state index in [0.717, 1.165) is 11.0 Å². The highest BCUT2D eigenvalue weighted by Gasteiger charge is 2.25. The quantitative estimate of drug-likeness (QED) is 0.576. The summed E-state index contributed by atoms with van der Waals surface area (Å²) in [6.45, 7) is 0. The van der Waals surface area contributed by atoms with Crippen molar-refractivity contribution in [3.05, 3.63) is 47.0 Å². The molecule has 3 rings (SSSR count). The summed E-state index contributed by atoms with van der Waals surface area (Å²) < 4.78 is 1.58. The fraction of sp³-hybridized carbons (Fsp3) is 0.154. The largest absolute Gasteiger partial charge is 0.355 e. The average molecular weight is 299 g/mol. The number of nitrogens with one attached hydrogen (secondary N) is 1. The van der Waals surface area contributed by atoms with Crippen LogP contribution >= 0.6 is 0 Å². The molecule has 22 heavy (non-hydrogen) atoms. The van der Waals surface area contributed by atoms with Crippen LogP contribution in [-0.2, 0) is 0 Å². The lowest BCUT2D eigenvalue weighted by molar-refractivity contribution is -0.384. The Hall–Kier alpha value is -3.07. The molecule has 0 radical (unpaired) electrons. The van der Waals surface area contributed by atoms with E-state index >= 15 is 0 Å². The number of benzene rings is 1. The molecule has 0 aliphatic carbocycles. The molecule has 0 aliphatic rings. The number of nitrogens with zero attached hydrogens (tertiary/aromatic N) is 6. The molecular formula is C13H13N7O2. The van der Waals surface area contributed by atoms with Crippen LogP contribution in [0, 0.1) is 10.1 Å².